The van der Waals surface area contributed by atoms with Gasteiger partial charge in [-0.1, -0.05) is 5.16 Å². The molecule has 0 saturated heterocycles. The fraction of sp³-hybridized carbons (Fsp3) is 0.286. The van der Waals surface area contributed by atoms with E-state index in [4.69, 9.17) is 9.26 Å². The van der Waals surface area contributed by atoms with Gasteiger partial charge in [-0.15, -0.1) is 11.8 Å². The molecule has 1 aromatic heterocycles. The highest BCUT2D eigenvalue weighted by atomic mass is 32.2. The Bertz CT molecular complexity index is 566. The molecular formula is C14H16N2O3S. The molecular weight excluding hydrogens is 276 g/mol. The quantitative estimate of drug-likeness (QED) is 0.829. The van der Waals surface area contributed by atoms with E-state index in [0.717, 1.165) is 10.6 Å². The van der Waals surface area contributed by atoms with Gasteiger partial charge in [-0.05, 0) is 38.1 Å². The second-order valence-corrected chi connectivity index (χ2v) is 5.11. The SMILES string of the molecule is CCOc1ccc(SCC(=O)Nc2cc(C)on2)cc1. The molecule has 0 atom stereocenters. The van der Waals surface area contributed by atoms with Gasteiger partial charge in [0.1, 0.15) is 11.5 Å². The van der Waals surface area contributed by atoms with E-state index < -0.39 is 0 Å². The van der Waals surface area contributed by atoms with Crippen LogP contribution in [-0.2, 0) is 4.79 Å². The molecule has 0 radical (unpaired) electrons. The van der Waals surface area contributed by atoms with Gasteiger partial charge in [0, 0.05) is 11.0 Å². The topological polar surface area (TPSA) is 64.4 Å². The van der Waals surface area contributed by atoms with Crippen LogP contribution in [0.25, 0.3) is 0 Å². The minimum atomic E-state index is -0.114. The number of hydrogen-bond donors (Lipinski definition) is 1. The number of nitrogens with zero attached hydrogens (tertiary/aromatic N) is 1. The third-order valence-electron chi connectivity index (χ3n) is 2.40. The Morgan fingerprint density at radius 3 is 2.75 bits per heavy atom. The van der Waals surface area contributed by atoms with Crippen molar-refractivity contribution >= 4 is 23.5 Å². The maximum atomic E-state index is 11.7. The van der Waals surface area contributed by atoms with Crippen LogP contribution in [0.1, 0.15) is 12.7 Å². The fourth-order valence-electron chi connectivity index (χ4n) is 1.55. The summed E-state index contributed by atoms with van der Waals surface area (Å²) in [4.78, 5) is 12.7. The smallest absolute Gasteiger partial charge is 0.235 e. The summed E-state index contributed by atoms with van der Waals surface area (Å²) in [5.41, 5.74) is 0. The summed E-state index contributed by atoms with van der Waals surface area (Å²) in [6, 6.07) is 9.33. The Morgan fingerprint density at radius 1 is 1.40 bits per heavy atom. The first-order valence-corrected chi connectivity index (χ1v) is 7.25. The van der Waals surface area contributed by atoms with Crippen molar-refractivity contribution in [1.29, 1.82) is 0 Å². The first-order valence-electron chi connectivity index (χ1n) is 6.26. The molecule has 1 N–H and O–H groups in total. The van der Waals surface area contributed by atoms with E-state index in [1.54, 1.807) is 13.0 Å². The maximum Gasteiger partial charge on any atom is 0.235 e. The molecule has 106 valence electrons. The number of amides is 1. The summed E-state index contributed by atoms with van der Waals surface area (Å²) in [7, 11) is 0. The molecule has 1 aromatic carbocycles. The van der Waals surface area contributed by atoms with E-state index in [2.05, 4.69) is 10.5 Å². The van der Waals surface area contributed by atoms with Crippen LogP contribution >= 0.6 is 11.8 Å². The predicted octanol–water partition coefficient (Wildman–Crippen LogP) is 3.11. The van der Waals surface area contributed by atoms with Crippen LogP contribution in [0, 0.1) is 6.92 Å². The number of rotatable bonds is 6. The molecule has 0 spiro atoms. The molecule has 0 aliphatic carbocycles. The average Bonchev–Trinajstić information content (AvgIpc) is 2.84. The van der Waals surface area contributed by atoms with Crippen molar-refractivity contribution in [3.05, 3.63) is 36.1 Å². The number of hydrogen-bond acceptors (Lipinski definition) is 5. The number of thioether (sulfide) groups is 1. The highest BCUT2D eigenvalue weighted by molar-refractivity contribution is 8.00. The first kappa shape index (κ1) is 14.5. The number of anilines is 1. The van der Waals surface area contributed by atoms with Gasteiger partial charge >= 0.3 is 0 Å². The van der Waals surface area contributed by atoms with E-state index in [9.17, 15) is 4.79 Å². The lowest BCUT2D eigenvalue weighted by molar-refractivity contribution is -0.113. The van der Waals surface area contributed by atoms with Crippen LogP contribution in [0.4, 0.5) is 5.82 Å². The van der Waals surface area contributed by atoms with Gasteiger partial charge in [0.25, 0.3) is 0 Å². The summed E-state index contributed by atoms with van der Waals surface area (Å²) < 4.78 is 10.2. The lowest BCUT2D eigenvalue weighted by Crippen LogP contribution is -2.14. The Balaban J connectivity index is 1.80. The van der Waals surface area contributed by atoms with Gasteiger partial charge in [-0.3, -0.25) is 4.79 Å². The first-order chi connectivity index (χ1) is 9.67. The van der Waals surface area contributed by atoms with E-state index >= 15 is 0 Å². The van der Waals surface area contributed by atoms with Crippen LogP contribution in [-0.4, -0.2) is 23.4 Å². The third kappa shape index (κ3) is 4.31. The highest BCUT2D eigenvalue weighted by Crippen LogP contribution is 2.21. The van der Waals surface area contributed by atoms with Gasteiger partial charge in [0.15, 0.2) is 5.82 Å². The second-order valence-electron chi connectivity index (χ2n) is 4.06. The van der Waals surface area contributed by atoms with Crippen molar-refractivity contribution in [3.8, 4) is 5.75 Å². The highest BCUT2D eigenvalue weighted by Gasteiger charge is 2.07. The number of carbonyl (C=O) groups is 1. The zero-order chi connectivity index (χ0) is 14.4. The molecule has 6 heteroatoms. The van der Waals surface area contributed by atoms with Crippen molar-refractivity contribution in [2.75, 3.05) is 17.7 Å². The summed E-state index contributed by atoms with van der Waals surface area (Å²) in [5, 5.41) is 6.39. The molecule has 20 heavy (non-hydrogen) atoms. The molecule has 5 nitrogen and oxygen atoms in total. The molecule has 0 aliphatic heterocycles. The van der Waals surface area contributed by atoms with Crippen molar-refractivity contribution in [1.82, 2.24) is 5.16 Å². The second kappa shape index (κ2) is 7.00. The van der Waals surface area contributed by atoms with E-state index in [0.29, 0.717) is 23.9 Å². The van der Waals surface area contributed by atoms with Crippen LogP contribution < -0.4 is 10.1 Å². The molecule has 2 rings (SSSR count). The lowest BCUT2D eigenvalue weighted by atomic mass is 10.3. The van der Waals surface area contributed by atoms with Gasteiger partial charge in [0.2, 0.25) is 5.91 Å². The van der Waals surface area contributed by atoms with Crippen molar-refractivity contribution < 1.29 is 14.1 Å². The molecule has 0 fully saturated rings. The molecule has 1 amide bonds. The summed E-state index contributed by atoms with van der Waals surface area (Å²) in [5.74, 6) is 2.15. The molecule has 0 unspecified atom stereocenters. The predicted molar refractivity (Wildman–Crippen MR) is 78.2 cm³/mol. The average molecular weight is 292 g/mol. The number of carbonyl (C=O) groups excluding carboxylic acids is 1. The Hall–Kier alpha value is -1.95. The molecule has 2 aromatic rings. The molecule has 0 bridgehead atoms. The van der Waals surface area contributed by atoms with Crippen LogP contribution in [0.3, 0.4) is 0 Å². The van der Waals surface area contributed by atoms with Crippen molar-refractivity contribution in [2.45, 2.75) is 18.7 Å². The molecule has 1 heterocycles. The normalized spacial score (nSPS) is 10.3. The standard InChI is InChI=1S/C14H16N2O3S/c1-3-18-11-4-6-12(7-5-11)20-9-14(17)15-13-8-10(2)19-16-13/h4-8H,3,9H2,1-2H3,(H,15,16,17). The van der Waals surface area contributed by atoms with Crippen molar-refractivity contribution in [3.63, 3.8) is 0 Å². The van der Waals surface area contributed by atoms with Crippen molar-refractivity contribution in [2.24, 2.45) is 0 Å². The monoisotopic (exact) mass is 292 g/mol. The zero-order valence-corrected chi connectivity index (χ0v) is 12.2. The van der Waals surface area contributed by atoms with Gasteiger partial charge < -0.3 is 14.6 Å². The third-order valence-corrected chi connectivity index (χ3v) is 3.41. The van der Waals surface area contributed by atoms with Gasteiger partial charge in [0.05, 0.1) is 12.4 Å². The van der Waals surface area contributed by atoms with Crippen LogP contribution in [0.15, 0.2) is 39.8 Å². The number of benzene rings is 1. The van der Waals surface area contributed by atoms with Gasteiger partial charge in [-0.2, -0.15) is 0 Å². The Kier molecular flexibility index (Phi) is 5.06. The number of aryl methyl sites for hydroxylation is 1. The molecule has 0 aliphatic rings. The number of aromatic nitrogens is 1. The lowest BCUT2D eigenvalue weighted by Gasteiger charge is -2.04. The minimum Gasteiger partial charge on any atom is -0.494 e. The van der Waals surface area contributed by atoms with Gasteiger partial charge in [-0.25, -0.2) is 0 Å². The van der Waals surface area contributed by atoms with Crippen LogP contribution in [0.5, 0.6) is 5.75 Å². The summed E-state index contributed by atoms with van der Waals surface area (Å²) in [6.45, 7) is 4.36. The van der Waals surface area contributed by atoms with Crippen LogP contribution in [0.2, 0.25) is 0 Å². The number of ether oxygens (including phenoxy) is 1. The zero-order valence-electron chi connectivity index (χ0n) is 11.4. The van der Waals surface area contributed by atoms with E-state index in [1.165, 1.54) is 11.8 Å². The Labute approximate surface area is 121 Å². The molecule has 0 saturated carbocycles. The number of nitrogens with one attached hydrogen (secondary N) is 1. The van der Waals surface area contributed by atoms with E-state index in [1.807, 2.05) is 31.2 Å². The summed E-state index contributed by atoms with van der Waals surface area (Å²) >= 11 is 1.46. The maximum absolute atomic E-state index is 11.7. The Morgan fingerprint density at radius 2 is 2.15 bits per heavy atom. The summed E-state index contributed by atoms with van der Waals surface area (Å²) in [6.07, 6.45) is 0. The van der Waals surface area contributed by atoms with E-state index in [-0.39, 0.29) is 5.91 Å². The largest absolute Gasteiger partial charge is 0.494 e. The fourth-order valence-corrected chi connectivity index (χ4v) is 2.25. The minimum absolute atomic E-state index is 0.114.